The fourth-order valence-electron chi connectivity index (χ4n) is 5.37. The minimum Gasteiger partial charge on any atom is -0.496 e. The maximum Gasteiger partial charge on any atom is 0.417 e. The van der Waals surface area contributed by atoms with Gasteiger partial charge in [0.05, 0.1) is 22.8 Å². The van der Waals surface area contributed by atoms with Gasteiger partial charge >= 0.3 is 6.18 Å². The Morgan fingerprint density at radius 1 is 1.00 bits per heavy atom. The lowest BCUT2D eigenvalue weighted by atomic mass is 9.95. The van der Waals surface area contributed by atoms with Crippen LogP contribution in [0.2, 0.25) is 0 Å². The summed E-state index contributed by atoms with van der Waals surface area (Å²) in [5.74, 6) is 1.23. The van der Waals surface area contributed by atoms with Gasteiger partial charge < -0.3 is 15.0 Å². The maximum atomic E-state index is 13.3. The van der Waals surface area contributed by atoms with Crippen LogP contribution in [0, 0.1) is 0 Å². The quantitative estimate of drug-likeness (QED) is 0.418. The molecular formula is C28H30F3N3O3S. The van der Waals surface area contributed by atoms with Gasteiger partial charge in [0, 0.05) is 36.6 Å². The summed E-state index contributed by atoms with van der Waals surface area (Å²) in [5, 5.41) is 2.65. The van der Waals surface area contributed by atoms with Crippen LogP contribution in [0.4, 0.5) is 24.7 Å². The smallest absolute Gasteiger partial charge is 0.417 e. The second-order valence-corrected chi connectivity index (χ2v) is 12.1. The summed E-state index contributed by atoms with van der Waals surface area (Å²) in [4.78, 5) is 6.41. The van der Waals surface area contributed by atoms with Crippen molar-refractivity contribution in [3.63, 3.8) is 0 Å². The van der Waals surface area contributed by atoms with Gasteiger partial charge in [-0.3, -0.25) is 0 Å². The van der Waals surface area contributed by atoms with Gasteiger partial charge in [-0.25, -0.2) is 13.4 Å². The fourth-order valence-corrected chi connectivity index (χ4v) is 7.17. The van der Waals surface area contributed by atoms with Crippen LogP contribution in [0.5, 0.6) is 5.75 Å². The average molecular weight is 546 g/mol. The number of anilines is 2. The molecule has 3 aromatic rings. The number of benzene rings is 2. The third-order valence-corrected chi connectivity index (χ3v) is 9.81. The predicted molar refractivity (Wildman–Crippen MR) is 140 cm³/mol. The van der Waals surface area contributed by atoms with E-state index in [0.717, 1.165) is 42.2 Å². The molecule has 1 fully saturated rings. The highest BCUT2D eigenvalue weighted by Crippen LogP contribution is 2.34. The number of rotatable bonds is 6. The number of aromatic nitrogens is 1. The highest BCUT2D eigenvalue weighted by atomic mass is 32.2. The van der Waals surface area contributed by atoms with Crippen molar-refractivity contribution in [3.8, 4) is 5.75 Å². The SMILES string of the molecule is COc1cccc2c1CN(c1ccc(S(=O)(=O)C3CCC(Nc4ccc(C(F)(F)F)cn4)CC3)cc1)CC2. The zero-order valence-electron chi connectivity index (χ0n) is 21.0. The summed E-state index contributed by atoms with van der Waals surface area (Å²) < 4.78 is 70.5. The molecule has 0 bridgehead atoms. The number of pyridine rings is 1. The second-order valence-electron chi connectivity index (χ2n) is 9.86. The molecule has 38 heavy (non-hydrogen) atoms. The Morgan fingerprint density at radius 3 is 2.37 bits per heavy atom. The molecule has 1 aliphatic heterocycles. The highest BCUT2D eigenvalue weighted by Gasteiger charge is 2.33. The summed E-state index contributed by atoms with van der Waals surface area (Å²) in [6, 6.07) is 15.5. The van der Waals surface area contributed by atoms with Crippen molar-refractivity contribution in [2.75, 3.05) is 23.9 Å². The normalized spacial score (nSPS) is 20.1. The van der Waals surface area contributed by atoms with Gasteiger partial charge in [0.1, 0.15) is 11.6 Å². The largest absolute Gasteiger partial charge is 0.496 e. The Labute approximate surface area is 220 Å². The molecule has 2 heterocycles. The molecule has 202 valence electrons. The Hall–Kier alpha value is -3.27. The highest BCUT2D eigenvalue weighted by molar-refractivity contribution is 7.92. The van der Waals surface area contributed by atoms with Crippen LogP contribution < -0.4 is 15.0 Å². The van der Waals surface area contributed by atoms with E-state index in [0.29, 0.717) is 42.9 Å². The first-order valence-electron chi connectivity index (χ1n) is 12.7. The molecule has 10 heteroatoms. The third-order valence-electron chi connectivity index (χ3n) is 7.54. The lowest BCUT2D eigenvalue weighted by Gasteiger charge is -2.32. The number of ether oxygens (including phenoxy) is 1. The van der Waals surface area contributed by atoms with Crippen molar-refractivity contribution in [1.29, 1.82) is 0 Å². The molecule has 0 saturated heterocycles. The molecule has 0 amide bonds. The predicted octanol–water partition coefficient (Wildman–Crippen LogP) is 5.87. The van der Waals surface area contributed by atoms with E-state index >= 15 is 0 Å². The third kappa shape index (κ3) is 5.45. The summed E-state index contributed by atoms with van der Waals surface area (Å²) in [6.45, 7) is 1.55. The van der Waals surface area contributed by atoms with Crippen LogP contribution in [-0.4, -0.2) is 38.3 Å². The number of alkyl halides is 3. The number of hydrogen-bond donors (Lipinski definition) is 1. The first-order chi connectivity index (χ1) is 18.1. The number of sulfone groups is 1. The van der Waals surface area contributed by atoms with Crippen LogP contribution in [0.3, 0.4) is 0 Å². The average Bonchev–Trinajstić information content (AvgIpc) is 2.92. The molecule has 1 aliphatic carbocycles. The number of fused-ring (bicyclic) bond motifs is 1. The lowest BCUT2D eigenvalue weighted by molar-refractivity contribution is -0.137. The number of methoxy groups -OCH3 is 1. The maximum absolute atomic E-state index is 13.3. The van der Waals surface area contributed by atoms with Gasteiger partial charge in [-0.15, -0.1) is 0 Å². The van der Waals surface area contributed by atoms with Crippen LogP contribution in [0.1, 0.15) is 42.4 Å². The first kappa shape index (κ1) is 26.3. The number of nitrogens with one attached hydrogen (secondary N) is 1. The van der Waals surface area contributed by atoms with Gasteiger partial charge in [0.2, 0.25) is 0 Å². The van der Waals surface area contributed by atoms with E-state index in [2.05, 4.69) is 21.3 Å². The zero-order chi connectivity index (χ0) is 26.9. The molecule has 0 radical (unpaired) electrons. The van der Waals surface area contributed by atoms with Crippen LogP contribution in [-0.2, 0) is 29.0 Å². The molecule has 0 atom stereocenters. The Bertz CT molecular complexity index is 1350. The zero-order valence-corrected chi connectivity index (χ0v) is 21.9. The molecule has 2 aliphatic rings. The van der Waals surface area contributed by atoms with Gasteiger partial charge in [0.25, 0.3) is 0 Å². The minimum atomic E-state index is -4.43. The van der Waals surface area contributed by atoms with E-state index in [-0.39, 0.29) is 6.04 Å². The van der Waals surface area contributed by atoms with E-state index in [9.17, 15) is 21.6 Å². The van der Waals surface area contributed by atoms with Crippen LogP contribution >= 0.6 is 0 Å². The van der Waals surface area contributed by atoms with E-state index < -0.39 is 26.8 Å². The Kier molecular flexibility index (Phi) is 7.26. The van der Waals surface area contributed by atoms with Gasteiger partial charge in [0.15, 0.2) is 9.84 Å². The fraction of sp³-hybridized carbons (Fsp3) is 0.393. The molecule has 1 aromatic heterocycles. The first-order valence-corrected chi connectivity index (χ1v) is 14.2. The van der Waals surface area contributed by atoms with Crippen LogP contribution in [0.15, 0.2) is 65.7 Å². The summed E-state index contributed by atoms with van der Waals surface area (Å²) in [5.41, 5.74) is 2.61. The molecule has 5 rings (SSSR count). The molecule has 1 N–H and O–H groups in total. The standard InChI is InChI=1S/C28H30F3N3O3S/c1-37-26-4-2-3-19-15-16-34(18-25(19)26)22-8-12-24(13-9-22)38(35,36)23-10-6-21(7-11-23)33-27-14-5-20(17-32-27)28(29,30)31/h2-5,8-9,12-14,17,21,23H,6-7,10-11,15-16,18H2,1H3,(H,32,33). The van der Waals surface area contributed by atoms with E-state index in [1.54, 1.807) is 19.2 Å². The molecule has 1 saturated carbocycles. The van der Waals surface area contributed by atoms with Crippen LogP contribution in [0.25, 0.3) is 0 Å². The van der Waals surface area contributed by atoms with Crippen molar-refractivity contribution in [2.45, 2.75) is 61.0 Å². The monoisotopic (exact) mass is 545 g/mol. The van der Waals surface area contributed by atoms with Crippen molar-refractivity contribution in [2.24, 2.45) is 0 Å². The van der Waals surface area contributed by atoms with Crippen molar-refractivity contribution in [1.82, 2.24) is 4.98 Å². The molecule has 2 aromatic carbocycles. The molecule has 6 nitrogen and oxygen atoms in total. The van der Waals surface area contributed by atoms with Gasteiger partial charge in [-0.1, -0.05) is 12.1 Å². The van der Waals surface area contributed by atoms with Gasteiger partial charge in [-0.05, 0) is 80.1 Å². The Morgan fingerprint density at radius 2 is 1.74 bits per heavy atom. The summed E-state index contributed by atoms with van der Waals surface area (Å²) >= 11 is 0. The summed E-state index contributed by atoms with van der Waals surface area (Å²) in [6.07, 6.45) is -0.578. The van der Waals surface area contributed by atoms with E-state index in [4.69, 9.17) is 4.74 Å². The summed E-state index contributed by atoms with van der Waals surface area (Å²) in [7, 11) is -1.82. The molecular weight excluding hydrogens is 515 g/mol. The minimum absolute atomic E-state index is 0.0352. The topological polar surface area (TPSA) is 71.5 Å². The van der Waals surface area contributed by atoms with Crippen molar-refractivity contribution in [3.05, 3.63) is 77.5 Å². The number of hydrogen-bond acceptors (Lipinski definition) is 6. The molecule has 0 spiro atoms. The number of halogens is 3. The van der Waals surface area contributed by atoms with E-state index in [1.807, 2.05) is 24.3 Å². The second kappa shape index (κ2) is 10.5. The van der Waals surface area contributed by atoms with Crippen molar-refractivity contribution < 1.29 is 26.3 Å². The van der Waals surface area contributed by atoms with Gasteiger partial charge in [-0.2, -0.15) is 13.2 Å². The van der Waals surface area contributed by atoms with Crippen molar-refractivity contribution >= 4 is 21.3 Å². The van der Waals surface area contributed by atoms with E-state index in [1.165, 1.54) is 11.6 Å². The molecule has 0 unspecified atom stereocenters. The number of nitrogens with zero attached hydrogens (tertiary/aromatic N) is 2. The Balaban J connectivity index is 1.19. The lowest BCUT2D eigenvalue weighted by Crippen LogP contribution is -2.33.